The SMILES string of the molecule is C=C(C)C(=O)OC[C@]1(C)CCC[C@]2(C)c3ccc(C(C)C)cc3CC[C@@H]12. The summed E-state index contributed by atoms with van der Waals surface area (Å²) in [6.07, 6.45) is 5.89. The molecule has 1 saturated carbocycles. The first-order chi connectivity index (χ1) is 12.2. The molecular formula is C24H34O2. The fourth-order valence-electron chi connectivity index (χ4n) is 5.53. The molecule has 2 aliphatic carbocycles. The number of carbonyl (C=O) groups is 1. The summed E-state index contributed by atoms with van der Waals surface area (Å²) >= 11 is 0. The smallest absolute Gasteiger partial charge is 0.333 e. The van der Waals surface area contributed by atoms with Gasteiger partial charge in [-0.05, 0) is 66.5 Å². The summed E-state index contributed by atoms with van der Waals surface area (Å²) in [5.41, 5.74) is 5.24. The van der Waals surface area contributed by atoms with Crippen LogP contribution in [0.5, 0.6) is 0 Å². The minimum atomic E-state index is -0.253. The van der Waals surface area contributed by atoms with Crippen molar-refractivity contribution in [3.8, 4) is 0 Å². The lowest BCUT2D eigenvalue weighted by molar-refractivity contribution is -0.146. The third kappa shape index (κ3) is 3.23. The molecule has 2 heteroatoms. The molecule has 0 spiro atoms. The van der Waals surface area contributed by atoms with Gasteiger partial charge in [0.25, 0.3) is 0 Å². The monoisotopic (exact) mass is 354 g/mol. The second-order valence-corrected chi connectivity index (χ2v) is 9.44. The Morgan fingerprint density at radius 1 is 1.31 bits per heavy atom. The molecule has 1 fully saturated rings. The Kier molecular flexibility index (Phi) is 5.07. The molecule has 2 aliphatic rings. The molecular weight excluding hydrogens is 320 g/mol. The van der Waals surface area contributed by atoms with Gasteiger partial charge in [0.05, 0.1) is 6.61 Å². The van der Waals surface area contributed by atoms with Crippen LogP contribution >= 0.6 is 0 Å². The first-order valence-corrected chi connectivity index (χ1v) is 10.1. The molecule has 0 amide bonds. The van der Waals surface area contributed by atoms with Crippen molar-refractivity contribution in [2.24, 2.45) is 11.3 Å². The van der Waals surface area contributed by atoms with E-state index in [1.165, 1.54) is 36.0 Å². The Morgan fingerprint density at radius 3 is 2.69 bits per heavy atom. The summed E-state index contributed by atoms with van der Waals surface area (Å²) in [6.45, 7) is 15.3. The van der Waals surface area contributed by atoms with Gasteiger partial charge in [-0.15, -0.1) is 0 Å². The van der Waals surface area contributed by atoms with E-state index in [0.29, 0.717) is 24.0 Å². The Labute approximate surface area is 159 Å². The normalized spacial score (nSPS) is 30.5. The van der Waals surface area contributed by atoms with E-state index in [4.69, 9.17) is 4.74 Å². The van der Waals surface area contributed by atoms with E-state index < -0.39 is 0 Å². The summed E-state index contributed by atoms with van der Waals surface area (Å²) in [4.78, 5) is 11.9. The summed E-state index contributed by atoms with van der Waals surface area (Å²) in [7, 11) is 0. The molecule has 3 atom stereocenters. The summed E-state index contributed by atoms with van der Waals surface area (Å²) in [5.74, 6) is 0.874. The first kappa shape index (κ1) is 19.2. The molecule has 0 aromatic heterocycles. The molecule has 0 heterocycles. The highest BCUT2D eigenvalue weighted by Gasteiger charge is 2.52. The standard InChI is InChI=1S/C24H34O2/c1-16(2)18-8-10-20-19(14-18)9-11-21-23(5,12-7-13-24(20,21)6)15-26-22(25)17(3)4/h8,10,14,16,21H,3,7,9,11-13,15H2,1-2,4-6H3/t21-,23-,24+/m0/s1. The Hall–Kier alpha value is -1.57. The van der Waals surface area contributed by atoms with Crippen LogP contribution in [0.1, 0.15) is 82.9 Å². The third-order valence-electron chi connectivity index (χ3n) is 7.05. The lowest BCUT2D eigenvalue weighted by atomic mass is 9.50. The van der Waals surface area contributed by atoms with Crippen molar-refractivity contribution >= 4 is 5.97 Å². The second kappa shape index (κ2) is 6.87. The molecule has 0 N–H and O–H groups in total. The molecule has 26 heavy (non-hydrogen) atoms. The third-order valence-corrected chi connectivity index (χ3v) is 7.05. The van der Waals surface area contributed by atoms with Gasteiger partial charge in [-0.25, -0.2) is 4.79 Å². The molecule has 3 rings (SSSR count). The minimum absolute atomic E-state index is 0.0481. The lowest BCUT2D eigenvalue weighted by Crippen LogP contribution is -2.51. The summed E-state index contributed by atoms with van der Waals surface area (Å²) < 4.78 is 5.64. The van der Waals surface area contributed by atoms with E-state index in [2.05, 4.69) is 52.5 Å². The van der Waals surface area contributed by atoms with Gasteiger partial charge >= 0.3 is 5.97 Å². The molecule has 142 valence electrons. The van der Waals surface area contributed by atoms with E-state index in [1.807, 2.05) is 0 Å². The van der Waals surface area contributed by atoms with Gasteiger partial charge in [0.1, 0.15) is 0 Å². The fraction of sp³-hybridized carbons (Fsp3) is 0.625. The maximum absolute atomic E-state index is 11.9. The van der Waals surface area contributed by atoms with Gasteiger partial charge in [0, 0.05) is 11.0 Å². The number of hydrogen-bond donors (Lipinski definition) is 0. The van der Waals surface area contributed by atoms with Gasteiger partial charge in [-0.3, -0.25) is 0 Å². The highest BCUT2D eigenvalue weighted by atomic mass is 16.5. The van der Waals surface area contributed by atoms with Gasteiger partial charge in [0.2, 0.25) is 0 Å². The van der Waals surface area contributed by atoms with E-state index in [9.17, 15) is 4.79 Å². The van der Waals surface area contributed by atoms with Crippen LogP contribution in [-0.2, 0) is 21.4 Å². The minimum Gasteiger partial charge on any atom is -0.462 e. The maximum Gasteiger partial charge on any atom is 0.333 e. The van der Waals surface area contributed by atoms with Crippen molar-refractivity contribution in [3.05, 3.63) is 47.0 Å². The number of fused-ring (bicyclic) bond motifs is 3. The number of esters is 1. The lowest BCUT2D eigenvalue weighted by Gasteiger charge is -2.55. The second-order valence-electron chi connectivity index (χ2n) is 9.44. The number of aryl methyl sites for hydroxylation is 1. The van der Waals surface area contributed by atoms with Gasteiger partial charge in [0.15, 0.2) is 0 Å². The van der Waals surface area contributed by atoms with Gasteiger partial charge < -0.3 is 4.74 Å². The number of carbonyl (C=O) groups excluding carboxylic acids is 1. The molecule has 1 aromatic carbocycles. The van der Waals surface area contributed by atoms with Crippen molar-refractivity contribution in [2.45, 2.75) is 78.1 Å². The van der Waals surface area contributed by atoms with E-state index in [1.54, 1.807) is 6.92 Å². The van der Waals surface area contributed by atoms with Crippen molar-refractivity contribution in [3.63, 3.8) is 0 Å². The number of hydrogen-bond acceptors (Lipinski definition) is 2. The largest absolute Gasteiger partial charge is 0.462 e. The predicted octanol–water partition coefficient (Wildman–Crippen LogP) is 5.94. The highest BCUT2D eigenvalue weighted by molar-refractivity contribution is 5.86. The van der Waals surface area contributed by atoms with Crippen LogP contribution in [0, 0.1) is 11.3 Å². The van der Waals surface area contributed by atoms with Gasteiger partial charge in [-0.2, -0.15) is 0 Å². The zero-order valence-corrected chi connectivity index (χ0v) is 17.2. The number of benzene rings is 1. The van der Waals surface area contributed by atoms with Crippen LogP contribution in [0.15, 0.2) is 30.4 Å². The first-order valence-electron chi connectivity index (χ1n) is 10.1. The number of ether oxygens (including phenoxy) is 1. The topological polar surface area (TPSA) is 26.3 Å². The zero-order chi connectivity index (χ0) is 19.1. The van der Waals surface area contributed by atoms with E-state index in [0.717, 1.165) is 12.8 Å². The Bertz CT molecular complexity index is 717. The average molecular weight is 355 g/mol. The molecule has 2 nitrogen and oxygen atoms in total. The molecule has 0 saturated heterocycles. The Balaban J connectivity index is 1.90. The molecule has 0 aliphatic heterocycles. The summed E-state index contributed by atoms with van der Waals surface area (Å²) in [6, 6.07) is 7.15. The van der Waals surface area contributed by atoms with Crippen molar-refractivity contribution < 1.29 is 9.53 Å². The fourth-order valence-corrected chi connectivity index (χ4v) is 5.53. The Morgan fingerprint density at radius 2 is 2.04 bits per heavy atom. The zero-order valence-electron chi connectivity index (χ0n) is 17.2. The number of rotatable bonds is 4. The summed E-state index contributed by atoms with van der Waals surface area (Å²) in [5, 5.41) is 0. The van der Waals surface area contributed by atoms with Crippen LogP contribution in [-0.4, -0.2) is 12.6 Å². The highest BCUT2D eigenvalue weighted by Crippen LogP contribution is 2.57. The average Bonchev–Trinajstić information content (AvgIpc) is 2.59. The predicted molar refractivity (Wildman–Crippen MR) is 107 cm³/mol. The van der Waals surface area contributed by atoms with Crippen LogP contribution in [0.4, 0.5) is 0 Å². The van der Waals surface area contributed by atoms with Crippen molar-refractivity contribution in [1.82, 2.24) is 0 Å². The van der Waals surface area contributed by atoms with Crippen LogP contribution in [0.3, 0.4) is 0 Å². The van der Waals surface area contributed by atoms with E-state index >= 15 is 0 Å². The van der Waals surface area contributed by atoms with Crippen LogP contribution in [0.25, 0.3) is 0 Å². The van der Waals surface area contributed by atoms with Crippen LogP contribution in [0.2, 0.25) is 0 Å². The van der Waals surface area contributed by atoms with Crippen LogP contribution < -0.4 is 0 Å². The maximum atomic E-state index is 11.9. The molecule has 0 radical (unpaired) electrons. The van der Waals surface area contributed by atoms with Crippen molar-refractivity contribution in [1.29, 1.82) is 0 Å². The molecule has 0 unspecified atom stereocenters. The quantitative estimate of drug-likeness (QED) is 0.494. The van der Waals surface area contributed by atoms with Gasteiger partial charge in [-0.1, -0.05) is 58.9 Å². The van der Waals surface area contributed by atoms with Crippen molar-refractivity contribution in [2.75, 3.05) is 6.61 Å². The van der Waals surface area contributed by atoms with E-state index in [-0.39, 0.29) is 16.8 Å². The molecule has 0 bridgehead atoms. The molecule has 1 aromatic rings.